The Morgan fingerprint density at radius 3 is 2.51 bits per heavy atom. The monoisotopic (exact) mass is 574 g/mol. The van der Waals surface area contributed by atoms with Crippen molar-refractivity contribution in [1.82, 2.24) is 10.2 Å². The van der Waals surface area contributed by atoms with Crippen LogP contribution in [0.3, 0.4) is 0 Å². The molecule has 0 spiro atoms. The van der Waals surface area contributed by atoms with Gasteiger partial charge < -0.3 is 15.2 Å². The number of nitrogens with one attached hydrogen (secondary N) is 1. The van der Waals surface area contributed by atoms with Crippen molar-refractivity contribution in [2.45, 2.75) is 51.2 Å². The SMILES string of the molecule is COC[C@@H]1C[C@@H](CCc2ccccc2)CN1Cc1ccc(C(=O)N[C@@H](CCSC)C(=O)O)c(-c2ccccc2C)c1. The fourth-order valence-corrected chi connectivity index (χ4v) is 6.29. The van der Waals surface area contributed by atoms with Gasteiger partial charge in [-0.15, -0.1) is 0 Å². The second kappa shape index (κ2) is 15.2. The van der Waals surface area contributed by atoms with E-state index in [0.717, 1.165) is 54.6 Å². The summed E-state index contributed by atoms with van der Waals surface area (Å²) < 4.78 is 5.60. The van der Waals surface area contributed by atoms with Crippen molar-refractivity contribution in [3.63, 3.8) is 0 Å². The van der Waals surface area contributed by atoms with Gasteiger partial charge in [-0.2, -0.15) is 11.8 Å². The van der Waals surface area contributed by atoms with Crippen molar-refractivity contribution in [3.05, 3.63) is 95.1 Å². The molecule has 1 heterocycles. The lowest BCUT2D eigenvalue weighted by Gasteiger charge is -2.24. The van der Waals surface area contributed by atoms with Gasteiger partial charge in [-0.1, -0.05) is 60.7 Å². The highest BCUT2D eigenvalue weighted by Gasteiger charge is 2.32. The number of carbonyl (C=O) groups excluding carboxylic acids is 1. The Kier molecular flexibility index (Phi) is 11.4. The number of benzene rings is 3. The minimum Gasteiger partial charge on any atom is -0.480 e. The molecular formula is C34H42N2O4S. The second-order valence-corrected chi connectivity index (χ2v) is 12.0. The molecule has 41 heavy (non-hydrogen) atoms. The normalized spacial score (nSPS) is 17.8. The average Bonchev–Trinajstić information content (AvgIpc) is 3.35. The number of aliphatic carboxylic acids is 1. The summed E-state index contributed by atoms with van der Waals surface area (Å²) in [5.41, 5.74) is 5.87. The number of aryl methyl sites for hydroxylation is 2. The van der Waals surface area contributed by atoms with Gasteiger partial charge in [0.15, 0.2) is 0 Å². The van der Waals surface area contributed by atoms with Crippen LogP contribution < -0.4 is 5.32 Å². The van der Waals surface area contributed by atoms with Crippen LogP contribution in [0.1, 0.15) is 46.3 Å². The van der Waals surface area contributed by atoms with Crippen molar-refractivity contribution < 1.29 is 19.4 Å². The summed E-state index contributed by atoms with van der Waals surface area (Å²) in [6.07, 6.45) is 5.64. The first-order valence-electron chi connectivity index (χ1n) is 14.4. The molecule has 0 saturated carbocycles. The largest absolute Gasteiger partial charge is 0.480 e. The molecule has 3 atom stereocenters. The molecule has 7 heteroatoms. The molecule has 0 bridgehead atoms. The molecule has 218 valence electrons. The molecule has 1 aliphatic heterocycles. The zero-order valence-electron chi connectivity index (χ0n) is 24.3. The van der Waals surface area contributed by atoms with Crippen LogP contribution in [-0.2, 0) is 22.5 Å². The topological polar surface area (TPSA) is 78.9 Å². The van der Waals surface area contributed by atoms with Crippen LogP contribution in [0.2, 0.25) is 0 Å². The number of hydrogen-bond donors (Lipinski definition) is 2. The van der Waals surface area contributed by atoms with Crippen LogP contribution in [0.4, 0.5) is 0 Å². The number of carboxylic acid groups (broad SMARTS) is 1. The maximum Gasteiger partial charge on any atom is 0.326 e. The van der Waals surface area contributed by atoms with E-state index in [-0.39, 0.29) is 5.91 Å². The van der Waals surface area contributed by atoms with E-state index in [1.165, 1.54) is 5.56 Å². The average molecular weight is 575 g/mol. The van der Waals surface area contributed by atoms with Gasteiger partial charge in [-0.05, 0) is 90.5 Å². The van der Waals surface area contributed by atoms with Crippen LogP contribution in [-0.4, -0.2) is 66.2 Å². The number of carboxylic acids is 1. The Morgan fingerprint density at radius 2 is 1.80 bits per heavy atom. The summed E-state index contributed by atoms with van der Waals surface area (Å²) in [4.78, 5) is 27.8. The second-order valence-electron chi connectivity index (χ2n) is 11.0. The lowest BCUT2D eigenvalue weighted by molar-refractivity contribution is -0.139. The van der Waals surface area contributed by atoms with Gasteiger partial charge in [0, 0.05) is 31.8 Å². The highest BCUT2D eigenvalue weighted by atomic mass is 32.2. The standard InChI is InChI=1S/C34H42N2O4S/c1-24-9-7-8-12-29(24)31-20-27(15-16-30(31)33(37)35-32(34(38)39)17-18-41-3)22-36-21-26(19-28(36)23-40-2)14-13-25-10-5-4-6-11-25/h4-12,15-16,20,26,28,32H,13-14,17-19,21-23H2,1-3H3,(H,35,37)(H,38,39)/t26-,28+,32+/m1/s1. The molecule has 3 aromatic rings. The number of carbonyl (C=O) groups is 2. The van der Waals surface area contributed by atoms with Gasteiger partial charge in [0.2, 0.25) is 0 Å². The van der Waals surface area contributed by atoms with Crippen molar-refractivity contribution in [2.24, 2.45) is 5.92 Å². The van der Waals surface area contributed by atoms with Crippen LogP contribution in [0.5, 0.6) is 0 Å². The number of amides is 1. The Labute approximate surface area is 248 Å². The van der Waals surface area contributed by atoms with Crippen LogP contribution in [0.25, 0.3) is 11.1 Å². The van der Waals surface area contributed by atoms with Gasteiger partial charge in [-0.3, -0.25) is 9.69 Å². The third-order valence-corrected chi connectivity index (χ3v) is 8.67. The fraction of sp³-hybridized carbons (Fsp3) is 0.412. The Balaban J connectivity index is 1.56. The lowest BCUT2D eigenvalue weighted by atomic mass is 9.93. The predicted octanol–water partition coefficient (Wildman–Crippen LogP) is 6.07. The van der Waals surface area contributed by atoms with Gasteiger partial charge >= 0.3 is 5.97 Å². The number of rotatable bonds is 14. The molecule has 4 rings (SSSR count). The highest BCUT2D eigenvalue weighted by Crippen LogP contribution is 2.32. The summed E-state index contributed by atoms with van der Waals surface area (Å²) in [5, 5.41) is 12.5. The first-order valence-corrected chi connectivity index (χ1v) is 15.8. The van der Waals surface area contributed by atoms with Crippen LogP contribution in [0.15, 0.2) is 72.8 Å². The summed E-state index contributed by atoms with van der Waals surface area (Å²) in [5.74, 6) is -0.110. The number of hydrogen-bond acceptors (Lipinski definition) is 5. The Hall–Kier alpha value is -3.13. The third kappa shape index (κ3) is 8.44. The number of likely N-dealkylation sites (tertiary alicyclic amines) is 1. The summed E-state index contributed by atoms with van der Waals surface area (Å²) >= 11 is 1.57. The number of nitrogens with zero attached hydrogens (tertiary/aromatic N) is 1. The molecule has 3 aromatic carbocycles. The van der Waals surface area contributed by atoms with Crippen LogP contribution >= 0.6 is 11.8 Å². The zero-order chi connectivity index (χ0) is 29.2. The number of methoxy groups -OCH3 is 1. The molecule has 0 radical (unpaired) electrons. The Bertz CT molecular complexity index is 1300. The number of ether oxygens (including phenoxy) is 1. The van der Waals surface area contributed by atoms with Crippen LogP contribution in [0, 0.1) is 12.8 Å². The molecule has 0 unspecified atom stereocenters. The van der Waals surface area contributed by atoms with Crippen molar-refractivity contribution in [1.29, 1.82) is 0 Å². The molecule has 1 aliphatic rings. The molecule has 0 aromatic heterocycles. The van der Waals surface area contributed by atoms with Gasteiger partial charge in [0.05, 0.1) is 6.61 Å². The van der Waals surface area contributed by atoms with E-state index in [9.17, 15) is 14.7 Å². The molecular weight excluding hydrogens is 532 g/mol. The lowest BCUT2D eigenvalue weighted by Crippen LogP contribution is -2.41. The van der Waals surface area contributed by atoms with E-state index in [0.29, 0.717) is 36.3 Å². The third-order valence-electron chi connectivity index (χ3n) is 8.02. The van der Waals surface area contributed by atoms with E-state index >= 15 is 0 Å². The first-order chi connectivity index (χ1) is 19.9. The fourth-order valence-electron chi connectivity index (χ4n) is 5.82. The molecule has 6 nitrogen and oxygen atoms in total. The van der Waals surface area contributed by atoms with Gasteiger partial charge in [0.1, 0.15) is 6.04 Å². The number of thioether (sulfide) groups is 1. The Morgan fingerprint density at radius 1 is 1.05 bits per heavy atom. The highest BCUT2D eigenvalue weighted by molar-refractivity contribution is 7.98. The van der Waals surface area contributed by atoms with E-state index in [1.54, 1.807) is 18.9 Å². The van der Waals surface area contributed by atoms with Gasteiger partial charge in [0.25, 0.3) is 5.91 Å². The molecule has 2 N–H and O–H groups in total. The van der Waals surface area contributed by atoms with Crippen molar-refractivity contribution >= 4 is 23.6 Å². The van der Waals surface area contributed by atoms with E-state index in [1.807, 2.05) is 49.6 Å². The quantitative estimate of drug-likeness (QED) is 0.243. The van der Waals surface area contributed by atoms with E-state index < -0.39 is 12.0 Å². The maximum absolute atomic E-state index is 13.4. The maximum atomic E-state index is 13.4. The van der Waals surface area contributed by atoms with E-state index in [2.05, 4.69) is 46.6 Å². The summed E-state index contributed by atoms with van der Waals surface area (Å²) in [6.45, 7) is 4.51. The van der Waals surface area contributed by atoms with Crippen molar-refractivity contribution in [3.8, 4) is 11.1 Å². The first kappa shape index (κ1) is 30.8. The summed E-state index contributed by atoms with van der Waals surface area (Å²) in [7, 11) is 1.77. The molecule has 1 amide bonds. The molecule has 1 saturated heterocycles. The van der Waals surface area contributed by atoms with Crippen molar-refractivity contribution in [2.75, 3.05) is 32.3 Å². The minimum atomic E-state index is -1.01. The van der Waals surface area contributed by atoms with E-state index in [4.69, 9.17) is 4.74 Å². The predicted molar refractivity (Wildman–Crippen MR) is 167 cm³/mol. The summed E-state index contributed by atoms with van der Waals surface area (Å²) in [6, 6.07) is 24.1. The zero-order valence-corrected chi connectivity index (χ0v) is 25.2. The molecule has 1 fully saturated rings. The minimum absolute atomic E-state index is 0.346. The molecule has 0 aliphatic carbocycles. The smallest absolute Gasteiger partial charge is 0.326 e. The van der Waals surface area contributed by atoms with Gasteiger partial charge in [-0.25, -0.2) is 4.79 Å².